The average molecular weight is 301 g/mol. The minimum Gasteiger partial charge on any atom is -0.493 e. The number of alkyl halides is 1. The smallest absolute Gasteiger partial charge is 0.316 e. The van der Waals surface area contributed by atoms with Crippen LogP contribution in [0.2, 0.25) is 0 Å². The van der Waals surface area contributed by atoms with E-state index in [1.54, 1.807) is 13.2 Å². The van der Waals surface area contributed by atoms with Crippen LogP contribution in [0.1, 0.15) is 26.3 Å². The number of carbonyl (C=O) groups excluding carboxylic acids is 1. The molecule has 0 aromatic heterocycles. The molecule has 0 aliphatic rings. The van der Waals surface area contributed by atoms with E-state index in [1.807, 2.05) is 32.9 Å². The Kier molecular flexibility index (Phi) is 4.57. The second kappa shape index (κ2) is 5.54. The topological polar surface area (TPSA) is 35.5 Å². The Balaban J connectivity index is 2.95. The van der Waals surface area contributed by atoms with Gasteiger partial charge in [0, 0.05) is 5.33 Å². The SMILES string of the molecule is COc1cc(CBr)ccc1OC(=O)C(C)(C)C. The van der Waals surface area contributed by atoms with Crippen LogP contribution in [0.4, 0.5) is 0 Å². The number of methoxy groups -OCH3 is 1. The van der Waals surface area contributed by atoms with Crippen molar-refractivity contribution in [2.45, 2.75) is 26.1 Å². The largest absolute Gasteiger partial charge is 0.493 e. The second-order valence-electron chi connectivity index (χ2n) is 4.76. The van der Waals surface area contributed by atoms with E-state index >= 15 is 0 Å². The van der Waals surface area contributed by atoms with Gasteiger partial charge in [-0.3, -0.25) is 4.79 Å². The summed E-state index contributed by atoms with van der Waals surface area (Å²) in [7, 11) is 1.56. The highest BCUT2D eigenvalue weighted by atomic mass is 79.9. The van der Waals surface area contributed by atoms with Crippen LogP contribution in [0, 0.1) is 5.41 Å². The van der Waals surface area contributed by atoms with Crippen LogP contribution in [0.5, 0.6) is 11.5 Å². The number of ether oxygens (including phenoxy) is 2. The van der Waals surface area contributed by atoms with Gasteiger partial charge in [-0.2, -0.15) is 0 Å². The Morgan fingerprint density at radius 2 is 1.94 bits per heavy atom. The van der Waals surface area contributed by atoms with E-state index in [9.17, 15) is 4.79 Å². The fourth-order valence-electron chi connectivity index (χ4n) is 1.13. The predicted octanol–water partition coefficient (Wildman–Crippen LogP) is 3.54. The van der Waals surface area contributed by atoms with Gasteiger partial charge < -0.3 is 9.47 Å². The number of hydrogen-bond acceptors (Lipinski definition) is 3. The number of hydrogen-bond donors (Lipinski definition) is 0. The summed E-state index contributed by atoms with van der Waals surface area (Å²) in [5.41, 5.74) is 0.538. The first kappa shape index (κ1) is 14.0. The van der Waals surface area contributed by atoms with Crippen molar-refractivity contribution in [3.05, 3.63) is 23.8 Å². The fourth-order valence-corrected chi connectivity index (χ4v) is 1.48. The summed E-state index contributed by atoms with van der Waals surface area (Å²) in [4.78, 5) is 11.8. The van der Waals surface area contributed by atoms with Crippen molar-refractivity contribution < 1.29 is 14.3 Å². The van der Waals surface area contributed by atoms with E-state index in [0.717, 1.165) is 10.9 Å². The minimum atomic E-state index is -0.529. The Labute approximate surface area is 110 Å². The molecule has 0 atom stereocenters. The number of halogens is 1. The lowest BCUT2D eigenvalue weighted by Crippen LogP contribution is -2.25. The molecule has 0 bridgehead atoms. The zero-order valence-corrected chi connectivity index (χ0v) is 12.1. The summed E-state index contributed by atoms with van der Waals surface area (Å²) < 4.78 is 10.5. The number of carbonyl (C=O) groups is 1. The quantitative estimate of drug-likeness (QED) is 0.486. The van der Waals surface area contributed by atoms with Crippen LogP contribution < -0.4 is 9.47 Å². The van der Waals surface area contributed by atoms with E-state index in [0.29, 0.717) is 11.5 Å². The van der Waals surface area contributed by atoms with Gasteiger partial charge in [-0.25, -0.2) is 0 Å². The molecular weight excluding hydrogens is 284 g/mol. The Bertz CT molecular complexity index is 408. The van der Waals surface area contributed by atoms with Crippen molar-refractivity contribution in [1.82, 2.24) is 0 Å². The summed E-state index contributed by atoms with van der Waals surface area (Å²) in [5, 5.41) is 0.733. The number of esters is 1. The van der Waals surface area contributed by atoms with Gasteiger partial charge in [-0.05, 0) is 38.5 Å². The van der Waals surface area contributed by atoms with Crippen LogP contribution in [-0.2, 0) is 10.1 Å². The summed E-state index contributed by atoms with van der Waals surface area (Å²) in [6, 6.07) is 5.49. The zero-order valence-electron chi connectivity index (χ0n) is 10.5. The van der Waals surface area contributed by atoms with Gasteiger partial charge in [-0.1, -0.05) is 22.0 Å². The van der Waals surface area contributed by atoms with Gasteiger partial charge in [0.15, 0.2) is 11.5 Å². The molecule has 0 amide bonds. The van der Waals surface area contributed by atoms with E-state index < -0.39 is 5.41 Å². The maximum absolute atomic E-state index is 11.8. The van der Waals surface area contributed by atoms with Crippen molar-refractivity contribution in [2.24, 2.45) is 5.41 Å². The van der Waals surface area contributed by atoms with Crippen molar-refractivity contribution in [2.75, 3.05) is 7.11 Å². The third kappa shape index (κ3) is 3.73. The minimum absolute atomic E-state index is 0.276. The molecule has 94 valence electrons. The van der Waals surface area contributed by atoms with E-state index in [2.05, 4.69) is 15.9 Å². The van der Waals surface area contributed by atoms with Gasteiger partial charge in [0.1, 0.15) is 0 Å². The molecular formula is C13H17BrO3. The van der Waals surface area contributed by atoms with Gasteiger partial charge in [0.05, 0.1) is 12.5 Å². The molecule has 1 aromatic rings. The lowest BCUT2D eigenvalue weighted by Gasteiger charge is -2.17. The molecule has 0 spiro atoms. The Morgan fingerprint density at radius 3 is 2.41 bits per heavy atom. The first-order valence-electron chi connectivity index (χ1n) is 5.33. The third-order valence-electron chi connectivity index (χ3n) is 2.20. The average Bonchev–Trinajstić information content (AvgIpc) is 2.28. The predicted molar refractivity (Wildman–Crippen MR) is 70.7 cm³/mol. The number of rotatable bonds is 3. The van der Waals surface area contributed by atoms with Crippen molar-refractivity contribution in [3.8, 4) is 11.5 Å². The summed E-state index contributed by atoms with van der Waals surface area (Å²) in [5.74, 6) is 0.749. The molecule has 1 rings (SSSR count). The molecule has 0 aliphatic heterocycles. The van der Waals surface area contributed by atoms with Crippen LogP contribution in [-0.4, -0.2) is 13.1 Å². The fraction of sp³-hybridized carbons (Fsp3) is 0.462. The standard InChI is InChI=1S/C13H17BrO3/c1-13(2,3)12(15)17-10-6-5-9(8-14)7-11(10)16-4/h5-7H,8H2,1-4H3. The lowest BCUT2D eigenvalue weighted by atomic mass is 9.97. The molecule has 4 heteroatoms. The normalized spacial score (nSPS) is 11.1. The Morgan fingerprint density at radius 1 is 1.29 bits per heavy atom. The third-order valence-corrected chi connectivity index (χ3v) is 2.84. The maximum atomic E-state index is 11.8. The second-order valence-corrected chi connectivity index (χ2v) is 5.32. The van der Waals surface area contributed by atoms with Gasteiger partial charge in [0.25, 0.3) is 0 Å². The van der Waals surface area contributed by atoms with Gasteiger partial charge in [-0.15, -0.1) is 0 Å². The highest BCUT2D eigenvalue weighted by Gasteiger charge is 2.24. The molecule has 0 radical (unpaired) electrons. The molecule has 0 saturated heterocycles. The zero-order chi connectivity index (χ0) is 13.1. The van der Waals surface area contributed by atoms with Crippen molar-refractivity contribution in [1.29, 1.82) is 0 Å². The van der Waals surface area contributed by atoms with E-state index in [1.165, 1.54) is 0 Å². The van der Waals surface area contributed by atoms with Gasteiger partial charge in [0.2, 0.25) is 0 Å². The molecule has 0 saturated carbocycles. The lowest BCUT2D eigenvalue weighted by molar-refractivity contribution is -0.143. The monoisotopic (exact) mass is 300 g/mol. The highest BCUT2D eigenvalue weighted by molar-refractivity contribution is 9.08. The first-order valence-corrected chi connectivity index (χ1v) is 6.46. The molecule has 17 heavy (non-hydrogen) atoms. The molecule has 0 aliphatic carbocycles. The van der Waals surface area contributed by atoms with Gasteiger partial charge >= 0.3 is 5.97 Å². The molecule has 1 aromatic carbocycles. The van der Waals surface area contributed by atoms with E-state index in [4.69, 9.17) is 9.47 Å². The number of benzene rings is 1. The summed E-state index contributed by atoms with van der Waals surface area (Å²) >= 11 is 3.36. The summed E-state index contributed by atoms with van der Waals surface area (Å²) in [6.45, 7) is 5.44. The first-order chi connectivity index (χ1) is 7.88. The maximum Gasteiger partial charge on any atom is 0.316 e. The van der Waals surface area contributed by atoms with Crippen LogP contribution in [0.3, 0.4) is 0 Å². The van der Waals surface area contributed by atoms with Crippen LogP contribution >= 0.6 is 15.9 Å². The van der Waals surface area contributed by atoms with Crippen molar-refractivity contribution in [3.63, 3.8) is 0 Å². The summed E-state index contributed by atoms with van der Waals surface area (Å²) in [6.07, 6.45) is 0. The highest BCUT2D eigenvalue weighted by Crippen LogP contribution is 2.30. The molecule has 0 N–H and O–H groups in total. The molecule has 0 heterocycles. The molecule has 0 unspecified atom stereocenters. The Hall–Kier alpha value is -1.03. The molecule has 0 fully saturated rings. The van der Waals surface area contributed by atoms with Crippen LogP contribution in [0.15, 0.2) is 18.2 Å². The van der Waals surface area contributed by atoms with Crippen molar-refractivity contribution >= 4 is 21.9 Å². The van der Waals surface area contributed by atoms with Crippen LogP contribution in [0.25, 0.3) is 0 Å². The van der Waals surface area contributed by atoms with E-state index in [-0.39, 0.29) is 5.97 Å². The molecule has 3 nitrogen and oxygen atoms in total.